The summed E-state index contributed by atoms with van der Waals surface area (Å²) in [6.45, 7) is 11.1. The molecule has 0 aromatic heterocycles. The third-order valence-electron chi connectivity index (χ3n) is 4.50. The first-order valence-corrected chi connectivity index (χ1v) is 9.74. The quantitative estimate of drug-likeness (QED) is 0.658. The fraction of sp³-hybridized carbons (Fsp3) is 0.409. The zero-order valence-corrected chi connectivity index (χ0v) is 17.3. The molecule has 2 aromatic rings. The van der Waals surface area contributed by atoms with E-state index < -0.39 is 0 Å². The molecule has 0 saturated carbocycles. The summed E-state index contributed by atoms with van der Waals surface area (Å²) in [5.74, 6) is 0.963. The van der Waals surface area contributed by atoms with Crippen molar-refractivity contribution in [1.29, 1.82) is 0 Å². The second-order valence-electron chi connectivity index (χ2n) is 6.69. The Morgan fingerprint density at radius 3 is 2.08 bits per heavy atom. The fourth-order valence-corrected chi connectivity index (χ4v) is 3.36. The number of thiocarbonyl (C=S) groups is 1. The molecule has 1 unspecified atom stereocenters. The van der Waals surface area contributed by atoms with E-state index in [9.17, 15) is 0 Å². The van der Waals surface area contributed by atoms with Crippen molar-refractivity contribution in [2.45, 2.75) is 53.5 Å². The molecule has 0 aliphatic rings. The summed E-state index contributed by atoms with van der Waals surface area (Å²) in [6.07, 6.45) is 1.95. The maximum absolute atomic E-state index is 6.02. The van der Waals surface area contributed by atoms with Crippen LogP contribution in [0.25, 0.3) is 0 Å². The lowest BCUT2D eigenvalue weighted by Crippen LogP contribution is -2.39. The average Bonchev–Trinajstić information content (AvgIpc) is 2.61. The molecule has 2 aromatic carbocycles. The van der Waals surface area contributed by atoms with Gasteiger partial charge in [-0.15, -0.1) is 0 Å². The smallest absolute Gasteiger partial charge is 0.171 e. The van der Waals surface area contributed by atoms with Crippen molar-refractivity contribution >= 4 is 23.0 Å². The maximum atomic E-state index is 6.02. The molecule has 2 N–H and O–H groups in total. The van der Waals surface area contributed by atoms with Crippen LogP contribution < -0.4 is 15.4 Å². The molecule has 0 saturated heterocycles. The Labute approximate surface area is 163 Å². The fourth-order valence-electron chi connectivity index (χ4n) is 3.05. The summed E-state index contributed by atoms with van der Waals surface area (Å²) in [7, 11) is 0. The Balaban J connectivity index is 1.96. The van der Waals surface area contributed by atoms with Crippen molar-refractivity contribution in [3.8, 4) is 5.75 Å². The van der Waals surface area contributed by atoms with E-state index in [1.807, 2.05) is 0 Å². The summed E-state index contributed by atoms with van der Waals surface area (Å²) in [6, 6.07) is 12.7. The van der Waals surface area contributed by atoms with E-state index in [2.05, 4.69) is 81.7 Å². The number of anilines is 1. The van der Waals surface area contributed by atoms with Gasteiger partial charge in [-0.3, -0.25) is 0 Å². The molecule has 26 heavy (non-hydrogen) atoms. The van der Waals surface area contributed by atoms with Gasteiger partial charge in [-0.1, -0.05) is 50.2 Å². The molecule has 1 atom stereocenters. The van der Waals surface area contributed by atoms with Gasteiger partial charge in [-0.2, -0.15) is 0 Å². The molecule has 4 heteroatoms. The zero-order valence-electron chi connectivity index (χ0n) is 16.5. The van der Waals surface area contributed by atoms with Crippen LogP contribution in [0.3, 0.4) is 0 Å². The lowest BCUT2D eigenvalue weighted by atomic mass is 10.0. The van der Waals surface area contributed by atoms with Gasteiger partial charge in [-0.25, -0.2) is 0 Å². The van der Waals surface area contributed by atoms with Crippen molar-refractivity contribution in [2.75, 3.05) is 11.9 Å². The van der Waals surface area contributed by atoms with Crippen LogP contribution >= 0.6 is 12.2 Å². The summed E-state index contributed by atoms with van der Waals surface area (Å²) < 4.78 is 6.02. The molecule has 0 heterocycles. The number of nitrogens with one attached hydrogen (secondary N) is 2. The predicted molar refractivity (Wildman–Crippen MR) is 115 cm³/mol. The first-order chi connectivity index (χ1) is 12.5. The third-order valence-corrected chi connectivity index (χ3v) is 4.72. The van der Waals surface area contributed by atoms with Gasteiger partial charge in [-0.05, 0) is 68.1 Å². The Hall–Kier alpha value is -2.07. The lowest BCUT2D eigenvalue weighted by molar-refractivity contribution is 0.283. The van der Waals surface area contributed by atoms with Gasteiger partial charge in [0, 0.05) is 5.69 Å². The predicted octanol–water partition coefficient (Wildman–Crippen LogP) is 5.18. The second-order valence-corrected chi connectivity index (χ2v) is 7.10. The summed E-state index contributed by atoms with van der Waals surface area (Å²) in [4.78, 5) is 0. The van der Waals surface area contributed by atoms with Crippen LogP contribution in [-0.4, -0.2) is 17.8 Å². The largest absolute Gasteiger partial charge is 0.491 e. The minimum atomic E-state index is 0.105. The number of hydrogen-bond donors (Lipinski definition) is 2. The highest BCUT2D eigenvalue weighted by atomic mass is 32.1. The van der Waals surface area contributed by atoms with Crippen LogP contribution in [-0.2, 0) is 12.8 Å². The monoisotopic (exact) mass is 370 g/mol. The Morgan fingerprint density at radius 1 is 1.00 bits per heavy atom. The lowest BCUT2D eigenvalue weighted by Gasteiger charge is -2.21. The molecule has 0 fully saturated rings. The van der Waals surface area contributed by atoms with E-state index in [0.29, 0.717) is 11.7 Å². The second kappa shape index (κ2) is 9.58. The first-order valence-electron chi connectivity index (χ1n) is 9.33. The molecular weight excluding hydrogens is 340 g/mol. The third kappa shape index (κ3) is 5.21. The van der Waals surface area contributed by atoms with Crippen LogP contribution in [0.4, 0.5) is 5.69 Å². The molecular formula is C22H30N2OS. The van der Waals surface area contributed by atoms with E-state index >= 15 is 0 Å². The van der Waals surface area contributed by atoms with Crippen LogP contribution in [0.5, 0.6) is 5.75 Å². The normalized spacial score (nSPS) is 11.7. The van der Waals surface area contributed by atoms with Gasteiger partial charge in [0.2, 0.25) is 0 Å². The molecule has 0 radical (unpaired) electrons. The van der Waals surface area contributed by atoms with Gasteiger partial charge >= 0.3 is 0 Å². The topological polar surface area (TPSA) is 33.3 Å². The number of para-hydroxylation sites is 2. The average molecular weight is 371 g/mol. The van der Waals surface area contributed by atoms with Crippen LogP contribution in [0.1, 0.15) is 43.0 Å². The van der Waals surface area contributed by atoms with Crippen LogP contribution in [0, 0.1) is 13.8 Å². The Bertz CT molecular complexity index is 715. The van der Waals surface area contributed by atoms with Crippen molar-refractivity contribution in [3.05, 3.63) is 58.7 Å². The number of benzene rings is 2. The van der Waals surface area contributed by atoms with Gasteiger partial charge < -0.3 is 15.4 Å². The van der Waals surface area contributed by atoms with E-state index in [1.54, 1.807) is 0 Å². The minimum absolute atomic E-state index is 0.105. The van der Waals surface area contributed by atoms with Crippen molar-refractivity contribution in [1.82, 2.24) is 5.32 Å². The molecule has 140 valence electrons. The summed E-state index contributed by atoms with van der Waals surface area (Å²) >= 11 is 5.53. The highest BCUT2D eigenvalue weighted by Gasteiger charge is 2.11. The van der Waals surface area contributed by atoms with Gasteiger partial charge in [0.1, 0.15) is 12.4 Å². The maximum Gasteiger partial charge on any atom is 0.171 e. The highest BCUT2D eigenvalue weighted by Crippen LogP contribution is 2.23. The van der Waals surface area contributed by atoms with E-state index in [-0.39, 0.29) is 6.04 Å². The first kappa shape index (κ1) is 20.2. The molecule has 0 aliphatic heterocycles. The molecule has 2 rings (SSSR count). The SMILES string of the molecule is CCc1cccc(CC)c1NC(=S)NC(C)COc1c(C)cccc1C. The van der Waals surface area contributed by atoms with Gasteiger partial charge in [0.15, 0.2) is 5.11 Å². The van der Waals surface area contributed by atoms with Crippen LogP contribution in [0.2, 0.25) is 0 Å². The van der Waals surface area contributed by atoms with Gasteiger partial charge in [0.25, 0.3) is 0 Å². The number of rotatable bonds is 7. The minimum Gasteiger partial charge on any atom is -0.491 e. The van der Waals surface area contributed by atoms with E-state index in [1.165, 1.54) is 11.1 Å². The highest BCUT2D eigenvalue weighted by molar-refractivity contribution is 7.80. The molecule has 3 nitrogen and oxygen atoms in total. The number of ether oxygens (including phenoxy) is 1. The standard InChI is InChI=1S/C22H30N2OS/c1-6-18-12-9-13-19(7-2)20(18)24-22(26)23-17(5)14-25-21-15(3)10-8-11-16(21)4/h8-13,17H,6-7,14H2,1-5H3,(H2,23,24,26). The summed E-state index contributed by atoms with van der Waals surface area (Å²) in [5, 5.41) is 7.37. The van der Waals surface area contributed by atoms with Crippen molar-refractivity contribution in [3.63, 3.8) is 0 Å². The number of hydrogen-bond acceptors (Lipinski definition) is 2. The molecule has 0 spiro atoms. The van der Waals surface area contributed by atoms with E-state index in [4.69, 9.17) is 17.0 Å². The van der Waals surface area contributed by atoms with Gasteiger partial charge in [0.05, 0.1) is 6.04 Å². The molecule has 0 amide bonds. The number of aryl methyl sites for hydroxylation is 4. The molecule has 0 aliphatic carbocycles. The molecule has 0 bridgehead atoms. The van der Waals surface area contributed by atoms with Crippen molar-refractivity contribution in [2.24, 2.45) is 0 Å². The van der Waals surface area contributed by atoms with Crippen molar-refractivity contribution < 1.29 is 4.74 Å². The van der Waals surface area contributed by atoms with Crippen LogP contribution in [0.15, 0.2) is 36.4 Å². The Kier molecular flexibility index (Phi) is 7.46. The van der Waals surface area contributed by atoms with E-state index in [0.717, 1.165) is 35.4 Å². The Morgan fingerprint density at radius 2 is 1.54 bits per heavy atom. The zero-order chi connectivity index (χ0) is 19.1. The summed E-state index contributed by atoms with van der Waals surface area (Å²) in [5.41, 5.74) is 6.02.